The maximum atomic E-state index is 12.3. The van der Waals surface area contributed by atoms with Crippen LogP contribution in [0.1, 0.15) is 31.8 Å². The lowest BCUT2D eigenvalue weighted by molar-refractivity contribution is 0.0981. The molecule has 3 aromatic rings. The van der Waals surface area contributed by atoms with E-state index in [-0.39, 0.29) is 11.6 Å². The highest BCUT2D eigenvalue weighted by atomic mass is 16.1. The lowest BCUT2D eigenvalue weighted by atomic mass is 9.99. The summed E-state index contributed by atoms with van der Waals surface area (Å²) >= 11 is 0. The molecule has 2 nitrogen and oxygen atoms in total. The van der Waals surface area contributed by atoms with E-state index in [0.717, 1.165) is 11.1 Å². The normalized spacial score (nSPS) is 10.3. The minimum absolute atomic E-state index is 0.0586. The standard InChI is InChI=1S/C22H18O2/c23-21(15-17-7-3-1-4-8-17)19-11-13-20(14-12-19)22(24)16-18-9-5-2-6-10-18/h1-14H,15-16H2. The van der Waals surface area contributed by atoms with Gasteiger partial charge in [0.15, 0.2) is 11.6 Å². The molecule has 0 heterocycles. The predicted molar refractivity (Wildman–Crippen MR) is 95.4 cm³/mol. The lowest BCUT2D eigenvalue weighted by Gasteiger charge is -2.04. The summed E-state index contributed by atoms with van der Waals surface area (Å²) in [6, 6.07) is 26.3. The van der Waals surface area contributed by atoms with Gasteiger partial charge in [-0.15, -0.1) is 0 Å². The summed E-state index contributed by atoms with van der Waals surface area (Å²) < 4.78 is 0. The highest BCUT2D eigenvalue weighted by Crippen LogP contribution is 2.12. The van der Waals surface area contributed by atoms with E-state index in [0.29, 0.717) is 24.0 Å². The smallest absolute Gasteiger partial charge is 0.167 e. The molecular formula is C22H18O2. The van der Waals surface area contributed by atoms with Gasteiger partial charge < -0.3 is 0 Å². The summed E-state index contributed by atoms with van der Waals surface area (Å²) in [6.07, 6.45) is 0.746. The molecule has 0 aromatic heterocycles. The van der Waals surface area contributed by atoms with Crippen molar-refractivity contribution in [3.63, 3.8) is 0 Å². The van der Waals surface area contributed by atoms with Crippen molar-refractivity contribution in [1.29, 1.82) is 0 Å². The van der Waals surface area contributed by atoms with Gasteiger partial charge in [0, 0.05) is 24.0 Å². The van der Waals surface area contributed by atoms with Gasteiger partial charge in [-0.3, -0.25) is 9.59 Å². The molecule has 0 atom stereocenters. The minimum atomic E-state index is 0.0586. The molecule has 0 radical (unpaired) electrons. The number of carbonyl (C=O) groups excluding carboxylic acids is 2. The van der Waals surface area contributed by atoms with Crippen molar-refractivity contribution in [2.24, 2.45) is 0 Å². The molecular weight excluding hydrogens is 296 g/mol. The van der Waals surface area contributed by atoms with Crippen LogP contribution < -0.4 is 0 Å². The Kier molecular flexibility index (Phi) is 4.97. The van der Waals surface area contributed by atoms with Crippen LogP contribution in [0.3, 0.4) is 0 Å². The number of carbonyl (C=O) groups is 2. The summed E-state index contributed by atoms with van der Waals surface area (Å²) in [5, 5.41) is 0. The number of benzene rings is 3. The van der Waals surface area contributed by atoms with Gasteiger partial charge in [0.2, 0.25) is 0 Å². The Hall–Kier alpha value is -3.00. The van der Waals surface area contributed by atoms with Crippen LogP contribution in [0.4, 0.5) is 0 Å². The molecule has 0 aliphatic heterocycles. The van der Waals surface area contributed by atoms with E-state index in [2.05, 4.69) is 0 Å². The molecule has 3 aromatic carbocycles. The van der Waals surface area contributed by atoms with Crippen molar-refractivity contribution < 1.29 is 9.59 Å². The molecule has 0 N–H and O–H groups in total. The summed E-state index contributed by atoms with van der Waals surface area (Å²) in [7, 11) is 0. The van der Waals surface area contributed by atoms with E-state index in [1.165, 1.54) is 0 Å². The van der Waals surface area contributed by atoms with Crippen molar-refractivity contribution in [2.45, 2.75) is 12.8 Å². The van der Waals surface area contributed by atoms with Crippen LogP contribution in [-0.4, -0.2) is 11.6 Å². The largest absolute Gasteiger partial charge is 0.294 e. The third kappa shape index (κ3) is 4.05. The van der Waals surface area contributed by atoms with Crippen LogP contribution in [0.25, 0.3) is 0 Å². The molecule has 24 heavy (non-hydrogen) atoms. The van der Waals surface area contributed by atoms with Crippen LogP contribution in [0.15, 0.2) is 84.9 Å². The minimum Gasteiger partial charge on any atom is -0.294 e. The van der Waals surface area contributed by atoms with Gasteiger partial charge in [0.05, 0.1) is 0 Å². The summed E-state index contributed by atoms with van der Waals surface area (Å²) in [5.41, 5.74) is 3.25. The van der Waals surface area contributed by atoms with E-state index in [1.54, 1.807) is 24.3 Å². The van der Waals surface area contributed by atoms with Gasteiger partial charge >= 0.3 is 0 Å². The summed E-state index contributed by atoms with van der Waals surface area (Å²) in [6.45, 7) is 0. The average molecular weight is 314 g/mol. The zero-order valence-electron chi connectivity index (χ0n) is 13.3. The van der Waals surface area contributed by atoms with Crippen LogP contribution >= 0.6 is 0 Å². The maximum absolute atomic E-state index is 12.3. The number of rotatable bonds is 6. The van der Waals surface area contributed by atoms with Crippen LogP contribution in [0, 0.1) is 0 Å². The molecule has 0 saturated heterocycles. The van der Waals surface area contributed by atoms with Crippen LogP contribution in [0.2, 0.25) is 0 Å². The second-order valence-electron chi connectivity index (χ2n) is 5.75. The Morgan fingerprint density at radius 2 is 0.833 bits per heavy atom. The number of ketones is 2. The lowest BCUT2D eigenvalue weighted by Crippen LogP contribution is -2.06. The van der Waals surface area contributed by atoms with Crippen molar-refractivity contribution >= 4 is 11.6 Å². The SMILES string of the molecule is O=C(Cc1ccccc1)c1ccc(C(=O)Cc2ccccc2)cc1. The molecule has 0 amide bonds. The zero-order valence-corrected chi connectivity index (χ0v) is 13.3. The van der Waals surface area contributed by atoms with Crippen molar-refractivity contribution in [2.75, 3.05) is 0 Å². The van der Waals surface area contributed by atoms with E-state index in [4.69, 9.17) is 0 Å². The fourth-order valence-electron chi connectivity index (χ4n) is 2.61. The summed E-state index contributed by atoms with van der Waals surface area (Å²) in [5.74, 6) is 0.117. The first kappa shape index (κ1) is 15.9. The first-order chi connectivity index (χ1) is 11.7. The van der Waals surface area contributed by atoms with E-state index < -0.39 is 0 Å². The Labute approximate surface area is 141 Å². The third-order valence-corrected chi connectivity index (χ3v) is 3.94. The topological polar surface area (TPSA) is 34.1 Å². The van der Waals surface area contributed by atoms with E-state index in [9.17, 15) is 9.59 Å². The fourth-order valence-corrected chi connectivity index (χ4v) is 2.61. The number of hydrogen-bond acceptors (Lipinski definition) is 2. The quantitative estimate of drug-likeness (QED) is 0.626. The molecule has 0 fully saturated rings. The monoisotopic (exact) mass is 314 g/mol. The third-order valence-electron chi connectivity index (χ3n) is 3.94. The average Bonchev–Trinajstić information content (AvgIpc) is 2.63. The van der Waals surface area contributed by atoms with Gasteiger partial charge in [-0.2, -0.15) is 0 Å². The summed E-state index contributed by atoms with van der Waals surface area (Å²) in [4.78, 5) is 24.6. The maximum Gasteiger partial charge on any atom is 0.167 e. The molecule has 0 spiro atoms. The van der Waals surface area contributed by atoms with Crippen LogP contribution in [0.5, 0.6) is 0 Å². The molecule has 2 heteroatoms. The van der Waals surface area contributed by atoms with E-state index in [1.807, 2.05) is 60.7 Å². The van der Waals surface area contributed by atoms with Gasteiger partial charge in [0.25, 0.3) is 0 Å². The molecule has 118 valence electrons. The molecule has 0 saturated carbocycles. The fraction of sp³-hybridized carbons (Fsp3) is 0.0909. The molecule has 0 aliphatic rings. The predicted octanol–water partition coefficient (Wildman–Crippen LogP) is 4.54. The molecule has 0 aliphatic carbocycles. The molecule has 3 rings (SSSR count). The van der Waals surface area contributed by atoms with Crippen molar-refractivity contribution in [3.8, 4) is 0 Å². The zero-order chi connectivity index (χ0) is 16.8. The van der Waals surface area contributed by atoms with Crippen LogP contribution in [-0.2, 0) is 12.8 Å². The van der Waals surface area contributed by atoms with E-state index >= 15 is 0 Å². The van der Waals surface area contributed by atoms with Crippen molar-refractivity contribution in [1.82, 2.24) is 0 Å². The second kappa shape index (κ2) is 7.51. The Morgan fingerprint density at radius 3 is 1.17 bits per heavy atom. The number of hydrogen-bond donors (Lipinski definition) is 0. The first-order valence-corrected chi connectivity index (χ1v) is 7.97. The molecule has 0 unspecified atom stereocenters. The Bertz CT molecular complexity index is 746. The van der Waals surface area contributed by atoms with Gasteiger partial charge in [-0.1, -0.05) is 84.9 Å². The first-order valence-electron chi connectivity index (χ1n) is 7.97. The van der Waals surface area contributed by atoms with Gasteiger partial charge in [-0.05, 0) is 11.1 Å². The molecule has 0 bridgehead atoms. The highest BCUT2D eigenvalue weighted by molar-refractivity contribution is 6.00. The highest BCUT2D eigenvalue weighted by Gasteiger charge is 2.10. The van der Waals surface area contributed by atoms with Gasteiger partial charge in [-0.25, -0.2) is 0 Å². The second-order valence-corrected chi connectivity index (χ2v) is 5.75. The van der Waals surface area contributed by atoms with Gasteiger partial charge in [0.1, 0.15) is 0 Å². The van der Waals surface area contributed by atoms with Crippen molar-refractivity contribution in [3.05, 3.63) is 107 Å². The Balaban J connectivity index is 1.66. The Morgan fingerprint density at radius 1 is 0.500 bits per heavy atom. The number of Topliss-reactive ketones (excluding diaryl/α,β-unsaturated/α-hetero) is 2.